The highest BCUT2D eigenvalue weighted by Gasteiger charge is 2.14. The van der Waals surface area contributed by atoms with Crippen LogP contribution in [0.3, 0.4) is 0 Å². The molecule has 0 saturated heterocycles. The van der Waals surface area contributed by atoms with Crippen LogP contribution in [0.15, 0.2) is 78.9 Å². The number of benzene rings is 3. The van der Waals surface area contributed by atoms with Crippen LogP contribution < -0.4 is 0 Å². The van der Waals surface area contributed by atoms with Crippen LogP contribution in [0.25, 0.3) is 34.2 Å². The van der Waals surface area contributed by atoms with E-state index in [0.29, 0.717) is 23.0 Å². The Morgan fingerprint density at radius 2 is 1.21 bits per heavy atom. The first-order chi connectivity index (χ1) is 13.7. The summed E-state index contributed by atoms with van der Waals surface area (Å²) in [4.78, 5) is 14.0. The fraction of sp³-hybridized carbons (Fsp3) is 0.125. The van der Waals surface area contributed by atoms with Crippen LogP contribution in [0.4, 0.5) is 0 Å². The van der Waals surface area contributed by atoms with E-state index >= 15 is 0 Å². The van der Waals surface area contributed by atoms with Crippen molar-refractivity contribution in [1.29, 1.82) is 0 Å². The average Bonchev–Trinajstić information content (AvgIpc) is 2.75. The lowest BCUT2D eigenvalue weighted by Crippen LogP contribution is -2.00. The molecule has 0 unspecified atom stereocenters. The van der Waals surface area contributed by atoms with Gasteiger partial charge in [-0.1, -0.05) is 80.1 Å². The van der Waals surface area contributed by atoms with E-state index in [-0.39, 0.29) is 5.75 Å². The predicted molar refractivity (Wildman–Crippen MR) is 112 cm³/mol. The van der Waals surface area contributed by atoms with E-state index in [9.17, 15) is 5.11 Å². The SMILES string of the molecule is CCCc1ccc(-c2nc(-c3ccccc3)nc(-c3ccccc3)n2)c(O)c1. The van der Waals surface area contributed by atoms with Crippen molar-refractivity contribution >= 4 is 0 Å². The molecule has 0 aliphatic heterocycles. The highest BCUT2D eigenvalue weighted by Crippen LogP contribution is 2.30. The second kappa shape index (κ2) is 8.01. The van der Waals surface area contributed by atoms with Gasteiger partial charge in [-0.25, -0.2) is 15.0 Å². The number of phenols is 1. The molecule has 3 aromatic carbocycles. The number of hydrogen-bond donors (Lipinski definition) is 1. The van der Waals surface area contributed by atoms with Gasteiger partial charge < -0.3 is 5.11 Å². The molecular weight excluding hydrogens is 346 g/mol. The maximum absolute atomic E-state index is 10.6. The number of rotatable bonds is 5. The van der Waals surface area contributed by atoms with E-state index in [0.717, 1.165) is 29.5 Å². The molecule has 0 bridgehead atoms. The van der Waals surface area contributed by atoms with Crippen molar-refractivity contribution < 1.29 is 5.11 Å². The fourth-order valence-corrected chi connectivity index (χ4v) is 3.14. The zero-order valence-corrected chi connectivity index (χ0v) is 15.7. The third kappa shape index (κ3) is 3.76. The number of hydrogen-bond acceptors (Lipinski definition) is 4. The molecule has 0 radical (unpaired) electrons. The van der Waals surface area contributed by atoms with Gasteiger partial charge in [0.15, 0.2) is 17.5 Å². The lowest BCUT2D eigenvalue weighted by atomic mass is 10.1. The molecule has 138 valence electrons. The minimum absolute atomic E-state index is 0.190. The summed E-state index contributed by atoms with van der Waals surface area (Å²) in [7, 11) is 0. The second-order valence-corrected chi connectivity index (χ2v) is 6.64. The first-order valence-electron chi connectivity index (χ1n) is 9.44. The Hall–Kier alpha value is -3.53. The predicted octanol–water partition coefficient (Wildman–Crippen LogP) is 5.53. The summed E-state index contributed by atoms with van der Waals surface area (Å²) in [5.74, 6) is 1.83. The minimum Gasteiger partial charge on any atom is -0.507 e. The Bertz CT molecular complexity index is 1020. The quantitative estimate of drug-likeness (QED) is 0.504. The van der Waals surface area contributed by atoms with Crippen LogP contribution >= 0.6 is 0 Å². The molecule has 4 nitrogen and oxygen atoms in total. The largest absolute Gasteiger partial charge is 0.507 e. The van der Waals surface area contributed by atoms with E-state index in [1.807, 2.05) is 72.8 Å². The van der Waals surface area contributed by atoms with Crippen LogP contribution in [0.2, 0.25) is 0 Å². The number of nitrogens with zero attached hydrogens (tertiary/aromatic N) is 3. The molecule has 0 fully saturated rings. The molecule has 0 aliphatic rings. The number of aromatic nitrogens is 3. The molecule has 0 spiro atoms. The van der Waals surface area contributed by atoms with E-state index in [1.165, 1.54) is 0 Å². The first kappa shape index (κ1) is 17.9. The summed E-state index contributed by atoms with van der Waals surface area (Å²) < 4.78 is 0. The fourth-order valence-electron chi connectivity index (χ4n) is 3.14. The van der Waals surface area contributed by atoms with E-state index in [1.54, 1.807) is 6.07 Å². The van der Waals surface area contributed by atoms with Gasteiger partial charge in [0.05, 0.1) is 5.56 Å². The van der Waals surface area contributed by atoms with E-state index in [4.69, 9.17) is 0 Å². The third-order valence-electron chi connectivity index (χ3n) is 4.54. The summed E-state index contributed by atoms with van der Waals surface area (Å²) >= 11 is 0. The Morgan fingerprint density at radius 3 is 1.71 bits per heavy atom. The van der Waals surface area contributed by atoms with Gasteiger partial charge in [-0.2, -0.15) is 0 Å². The molecule has 4 aromatic rings. The molecule has 4 rings (SSSR count). The number of aromatic hydroxyl groups is 1. The lowest BCUT2D eigenvalue weighted by molar-refractivity contribution is 0.476. The molecule has 28 heavy (non-hydrogen) atoms. The van der Waals surface area contributed by atoms with Crippen molar-refractivity contribution in [2.75, 3.05) is 0 Å². The first-order valence-corrected chi connectivity index (χ1v) is 9.44. The van der Waals surface area contributed by atoms with Gasteiger partial charge in [-0.15, -0.1) is 0 Å². The molecular formula is C24H21N3O. The maximum Gasteiger partial charge on any atom is 0.167 e. The van der Waals surface area contributed by atoms with Gasteiger partial charge >= 0.3 is 0 Å². The maximum atomic E-state index is 10.6. The minimum atomic E-state index is 0.190. The Morgan fingerprint density at radius 1 is 0.679 bits per heavy atom. The molecule has 0 saturated carbocycles. The van der Waals surface area contributed by atoms with Crippen molar-refractivity contribution in [3.8, 4) is 39.9 Å². The van der Waals surface area contributed by atoms with Crippen molar-refractivity contribution in [2.45, 2.75) is 19.8 Å². The molecule has 1 N–H and O–H groups in total. The average molecular weight is 367 g/mol. The smallest absolute Gasteiger partial charge is 0.167 e. The summed E-state index contributed by atoms with van der Waals surface area (Å²) in [5.41, 5.74) is 3.52. The normalized spacial score (nSPS) is 10.8. The Labute approximate surface area is 164 Å². The standard InChI is InChI=1S/C24H21N3O/c1-2-9-17-14-15-20(21(28)16-17)24-26-22(18-10-5-3-6-11-18)25-23(27-24)19-12-7-4-8-13-19/h3-8,10-16,28H,2,9H2,1H3. The Balaban J connectivity index is 1.87. The number of phenolic OH excluding ortho intramolecular Hbond substituents is 1. The summed E-state index contributed by atoms with van der Waals surface area (Å²) in [6.45, 7) is 2.12. The lowest BCUT2D eigenvalue weighted by Gasteiger charge is -2.10. The van der Waals surface area contributed by atoms with Crippen molar-refractivity contribution in [2.24, 2.45) is 0 Å². The topological polar surface area (TPSA) is 58.9 Å². The van der Waals surface area contributed by atoms with Gasteiger partial charge in [0.1, 0.15) is 5.75 Å². The monoisotopic (exact) mass is 367 g/mol. The van der Waals surface area contributed by atoms with Crippen LogP contribution in [-0.2, 0) is 6.42 Å². The molecule has 0 atom stereocenters. The van der Waals surface area contributed by atoms with Gasteiger partial charge in [-0.05, 0) is 24.1 Å². The van der Waals surface area contributed by atoms with Gasteiger partial charge in [-0.3, -0.25) is 0 Å². The summed E-state index contributed by atoms with van der Waals surface area (Å²) in [6, 6.07) is 25.3. The van der Waals surface area contributed by atoms with Crippen LogP contribution in [0, 0.1) is 0 Å². The second-order valence-electron chi connectivity index (χ2n) is 6.64. The van der Waals surface area contributed by atoms with Crippen molar-refractivity contribution in [1.82, 2.24) is 15.0 Å². The molecule has 0 amide bonds. The van der Waals surface area contributed by atoms with E-state index in [2.05, 4.69) is 21.9 Å². The van der Waals surface area contributed by atoms with Crippen molar-refractivity contribution in [3.63, 3.8) is 0 Å². The van der Waals surface area contributed by atoms with Gasteiger partial charge in [0, 0.05) is 11.1 Å². The zero-order valence-electron chi connectivity index (χ0n) is 15.7. The highest BCUT2D eigenvalue weighted by molar-refractivity contribution is 5.69. The van der Waals surface area contributed by atoms with Gasteiger partial charge in [0.25, 0.3) is 0 Å². The number of aryl methyl sites for hydroxylation is 1. The van der Waals surface area contributed by atoms with E-state index < -0.39 is 0 Å². The zero-order chi connectivity index (χ0) is 19.3. The van der Waals surface area contributed by atoms with Crippen LogP contribution in [0.5, 0.6) is 5.75 Å². The highest BCUT2D eigenvalue weighted by atomic mass is 16.3. The summed E-state index contributed by atoms with van der Waals surface area (Å²) in [6.07, 6.45) is 1.95. The third-order valence-corrected chi connectivity index (χ3v) is 4.54. The van der Waals surface area contributed by atoms with Gasteiger partial charge in [0.2, 0.25) is 0 Å². The summed E-state index contributed by atoms with van der Waals surface area (Å²) in [5, 5.41) is 10.6. The molecule has 4 heteroatoms. The van der Waals surface area contributed by atoms with Crippen LogP contribution in [0.1, 0.15) is 18.9 Å². The van der Waals surface area contributed by atoms with Crippen molar-refractivity contribution in [3.05, 3.63) is 84.4 Å². The molecule has 0 aliphatic carbocycles. The van der Waals surface area contributed by atoms with Crippen LogP contribution in [-0.4, -0.2) is 20.1 Å². The Kier molecular flexibility index (Phi) is 5.11. The molecule has 1 heterocycles. The molecule has 1 aromatic heterocycles.